The van der Waals surface area contributed by atoms with E-state index in [2.05, 4.69) is 16.0 Å². The number of aldehydes is 1. The molecule has 4 nitrogen and oxygen atoms in total. The van der Waals surface area contributed by atoms with Crippen LogP contribution in [0, 0.1) is 0 Å². The Morgan fingerprint density at radius 2 is 2.29 bits per heavy atom. The van der Waals surface area contributed by atoms with Crippen molar-refractivity contribution in [2.24, 2.45) is 0 Å². The molecule has 0 saturated carbocycles. The number of rotatable bonds is 2. The molecule has 0 aliphatic carbocycles. The quantitative estimate of drug-likeness (QED) is 0.628. The minimum absolute atomic E-state index is 0.298. The zero-order valence-corrected chi connectivity index (χ0v) is 9.27. The van der Waals surface area contributed by atoms with Crippen LogP contribution in [0.3, 0.4) is 0 Å². The monoisotopic (exact) mass is 228 g/mol. The number of nitrogens with zero attached hydrogens (tertiary/aromatic N) is 1. The maximum absolute atomic E-state index is 11.1. The summed E-state index contributed by atoms with van der Waals surface area (Å²) < 4.78 is 2.15. The van der Waals surface area contributed by atoms with Gasteiger partial charge in [-0.05, 0) is 18.4 Å². The van der Waals surface area contributed by atoms with Crippen molar-refractivity contribution in [2.45, 2.75) is 19.4 Å². The molecule has 1 aromatic carbocycles. The van der Waals surface area contributed by atoms with Crippen molar-refractivity contribution < 1.29 is 9.59 Å². The van der Waals surface area contributed by atoms with E-state index in [0.29, 0.717) is 6.29 Å². The summed E-state index contributed by atoms with van der Waals surface area (Å²) in [4.78, 5) is 21.5. The molecule has 1 N–H and O–H groups in total. The van der Waals surface area contributed by atoms with E-state index >= 15 is 0 Å². The van der Waals surface area contributed by atoms with Crippen LogP contribution in [0.4, 0.5) is 5.69 Å². The molecule has 4 heteroatoms. The lowest BCUT2D eigenvalue weighted by Crippen LogP contribution is -2.11. The molecule has 2 aromatic rings. The molecule has 2 heterocycles. The number of hydrogen-bond acceptors (Lipinski definition) is 2. The van der Waals surface area contributed by atoms with Crippen LogP contribution < -0.4 is 5.32 Å². The number of amides is 1. The summed E-state index contributed by atoms with van der Waals surface area (Å²) in [5.41, 5.74) is 3.21. The Morgan fingerprint density at radius 3 is 3.12 bits per heavy atom. The van der Waals surface area contributed by atoms with Crippen LogP contribution in [0.1, 0.15) is 12.0 Å². The highest BCUT2D eigenvalue weighted by molar-refractivity contribution is 6.30. The zero-order valence-electron chi connectivity index (χ0n) is 9.27. The molecule has 1 aromatic heterocycles. The Hall–Kier alpha value is -2.10. The van der Waals surface area contributed by atoms with E-state index in [-0.39, 0.29) is 0 Å². The van der Waals surface area contributed by atoms with Crippen molar-refractivity contribution in [1.82, 2.24) is 4.57 Å². The van der Waals surface area contributed by atoms with Gasteiger partial charge in [0.1, 0.15) is 0 Å². The van der Waals surface area contributed by atoms with Gasteiger partial charge in [-0.2, -0.15) is 0 Å². The molecule has 86 valence electrons. The Morgan fingerprint density at radius 1 is 1.41 bits per heavy atom. The number of benzene rings is 1. The fourth-order valence-electron chi connectivity index (χ4n) is 2.52. The van der Waals surface area contributed by atoms with Crippen LogP contribution in [0.5, 0.6) is 0 Å². The first-order valence-electron chi connectivity index (χ1n) is 5.66. The van der Waals surface area contributed by atoms with Crippen molar-refractivity contribution in [3.8, 4) is 0 Å². The van der Waals surface area contributed by atoms with Crippen molar-refractivity contribution in [2.75, 3.05) is 5.32 Å². The second kappa shape index (κ2) is 3.73. The molecule has 0 saturated heterocycles. The summed E-state index contributed by atoms with van der Waals surface area (Å²) in [6.07, 6.45) is 4.39. The smallest absolute Gasteiger partial charge is 0.288 e. The van der Waals surface area contributed by atoms with Crippen LogP contribution in [-0.2, 0) is 22.6 Å². The summed E-state index contributed by atoms with van der Waals surface area (Å²) in [6.45, 7) is 0.963. The fraction of sp³-hybridized carbons (Fsp3) is 0.231. The van der Waals surface area contributed by atoms with E-state index in [4.69, 9.17) is 0 Å². The molecule has 0 bridgehead atoms. The van der Waals surface area contributed by atoms with Gasteiger partial charge in [0.2, 0.25) is 6.29 Å². The molecule has 0 unspecified atom stereocenters. The number of para-hydroxylation sites is 1. The van der Waals surface area contributed by atoms with Crippen LogP contribution in [0.2, 0.25) is 0 Å². The molecule has 1 aliphatic heterocycles. The third kappa shape index (κ3) is 1.53. The van der Waals surface area contributed by atoms with Crippen LogP contribution >= 0.6 is 0 Å². The highest BCUT2D eigenvalue weighted by Gasteiger charge is 2.16. The van der Waals surface area contributed by atoms with E-state index in [9.17, 15) is 9.59 Å². The number of nitrogens with one attached hydrogen (secondary N) is 1. The topological polar surface area (TPSA) is 51.1 Å². The van der Waals surface area contributed by atoms with E-state index in [1.807, 2.05) is 18.3 Å². The lowest BCUT2D eigenvalue weighted by molar-refractivity contribution is -0.127. The molecule has 0 atom stereocenters. The maximum atomic E-state index is 11.1. The Kier molecular flexibility index (Phi) is 2.21. The number of aromatic nitrogens is 1. The summed E-state index contributed by atoms with van der Waals surface area (Å²) >= 11 is 0. The van der Waals surface area contributed by atoms with Crippen molar-refractivity contribution in [3.63, 3.8) is 0 Å². The summed E-state index contributed by atoms with van der Waals surface area (Å²) in [5.74, 6) is -0.603. The first-order chi connectivity index (χ1) is 8.29. The standard InChI is InChI=1S/C13H12N2O2/c16-8-12(17)14-11-7-15-6-2-4-9-3-1-5-10(11)13(9)15/h1,3,5,7-8H,2,4,6H2,(H,14,17). The average Bonchev–Trinajstić information content (AvgIpc) is 2.70. The number of carbonyl (C=O) groups is 2. The van der Waals surface area contributed by atoms with Crippen molar-refractivity contribution in [3.05, 3.63) is 30.0 Å². The van der Waals surface area contributed by atoms with E-state index in [1.54, 1.807) is 0 Å². The van der Waals surface area contributed by atoms with E-state index < -0.39 is 5.91 Å². The second-order valence-electron chi connectivity index (χ2n) is 4.26. The van der Waals surface area contributed by atoms with Gasteiger partial charge in [-0.25, -0.2) is 0 Å². The number of carbonyl (C=O) groups excluding carboxylic acids is 2. The SMILES string of the molecule is O=CC(=O)Nc1cn2c3c(cccc13)CCC2. The first-order valence-corrected chi connectivity index (χ1v) is 5.66. The minimum atomic E-state index is -0.603. The van der Waals surface area contributed by atoms with Gasteiger partial charge in [0.15, 0.2) is 0 Å². The molecule has 3 rings (SSSR count). The van der Waals surface area contributed by atoms with Gasteiger partial charge in [-0.1, -0.05) is 18.2 Å². The molecular weight excluding hydrogens is 216 g/mol. The lowest BCUT2D eigenvalue weighted by Gasteiger charge is -2.14. The number of anilines is 1. The van der Waals surface area contributed by atoms with Crippen LogP contribution in [0.15, 0.2) is 24.4 Å². The highest BCUT2D eigenvalue weighted by Crippen LogP contribution is 2.32. The predicted octanol–water partition coefficient (Wildman–Crippen LogP) is 1.72. The highest BCUT2D eigenvalue weighted by atomic mass is 16.2. The van der Waals surface area contributed by atoms with Gasteiger partial charge in [0.05, 0.1) is 11.2 Å². The molecule has 0 fully saturated rings. The van der Waals surface area contributed by atoms with Gasteiger partial charge in [-0.15, -0.1) is 0 Å². The molecule has 0 spiro atoms. The van der Waals surface area contributed by atoms with E-state index in [1.165, 1.54) is 11.1 Å². The van der Waals surface area contributed by atoms with Crippen LogP contribution in [-0.4, -0.2) is 16.8 Å². The fourth-order valence-corrected chi connectivity index (χ4v) is 2.52. The molecular formula is C13H12N2O2. The van der Waals surface area contributed by atoms with E-state index in [0.717, 1.165) is 30.5 Å². The zero-order chi connectivity index (χ0) is 11.8. The third-order valence-electron chi connectivity index (χ3n) is 3.19. The lowest BCUT2D eigenvalue weighted by atomic mass is 10.0. The summed E-state index contributed by atoms with van der Waals surface area (Å²) in [7, 11) is 0. The van der Waals surface area contributed by atoms with Gasteiger partial charge < -0.3 is 9.88 Å². The van der Waals surface area contributed by atoms with Crippen LogP contribution in [0.25, 0.3) is 10.9 Å². The average molecular weight is 228 g/mol. The Balaban J connectivity index is 2.18. The maximum Gasteiger partial charge on any atom is 0.288 e. The molecule has 0 radical (unpaired) electrons. The van der Waals surface area contributed by atoms with Crippen molar-refractivity contribution in [1.29, 1.82) is 0 Å². The molecule has 17 heavy (non-hydrogen) atoms. The minimum Gasteiger partial charge on any atom is -0.345 e. The molecule has 1 amide bonds. The number of hydrogen-bond donors (Lipinski definition) is 1. The van der Waals surface area contributed by atoms with Gasteiger partial charge >= 0.3 is 0 Å². The molecule has 1 aliphatic rings. The summed E-state index contributed by atoms with van der Waals surface area (Å²) in [5, 5.41) is 3.63. The van der Waals surface area contributed by atoms with Gasteiger partial charge in [-0.3, -0.25) is 9.59 Å². The largest absolute Gasteiger partial charge is 0.345 e. The Labute approximate surface area is 98.2 Å². The normalized spacial score (nSPS) is 13.6. The first kappa shape index (κ1) is 10.1. The second-order valence-corrected chi connectivity index (χ2v) is 4.26. The Bertz CT molecular complexity index is 613. The van der Waals surface area contributed by atoms with Crippen molar-refractivity contribution >= 4 is 28.8 Å². The third-order valence-corrected chi connectivity index (χ3v) is 3.19. The summed E-state index contributed by atoms with van der Waals surface area (Å²) in [6, 6.07) is 6.08. The number of aryl methyl sites for hydroxylation is 2. The van der Waals surface area contributed by atoms with Gasteiger partial charge in [0, 0.05) is 18.1 Å². The van der Waals surface area contributed by atoms with Gasteiger partial charge in [0.25, 0.3) is 5.91 Å². The predicted molar refractivity (Wildman–Crippen MR) is 65.0 cm³/mol.